The summed E-state index contributed by atoms with van der Waals surface area (Å²) in [6, 6.07) is 3.32. The first kappa shape index (κ1) is 11.9. The lowest BCUT2D eigenvalue weighted by Crippen LogP contribution is -2.24. The molecule has 0 unspecified atom stereocenters. The molecule has 0 aliphatic rings. The molecule has 0 aliphatic carbocycles. The molecule has 0 fully saturated rings. The summed E-state index contributed by atoms with van der Waals surface area (Å²) in [5.74, 6) is 1.05. The number of furan rings is 1. The number of H-pyrrole nitrogens is 1. The van der Waals surface area contributed by atoms with Gasteiger partial charge in [0.15, 0.2) is 10.4 Å². The molecule has 0 atom stereocenters. The highest BCUT2D eigenvalue weighted by Crippen LogP contribution is 2.13. The molecule has 0 saturated carbocycles. The minimum atomic E-state index is -0.199. The third-order valence-corrected chi connectivity index (χ3v) is 2.65. The van der Waals surface area contributed by atoms with Gasteiger partial charge in [0.2, 0.25) is 0 Å². The zero-order valence-corrected chi connectivity index (χ0v) is 10.7. The predicted octanol–water partition coefficient (Wildman–Crippen LogP) is 2.13. The van der Waals surface area contributed by atoms with Crippen molar-refractivity contribution in [2.45, 2.75) is 12.8 Å². The Kier molecular flexibility index (Phi) is 3.98. The Morgan fingerprint density at radius 1 is 1.53 bits per heavy atom. The van der Waals surface area contributed by atoms with E-state index in [0.29, 0.717) is 17.0 Å². The summed E-state index contributed by atoms with van der Waals surface area (Å²) in [4.78, 5) is 18.7. The summed E-state index contributed by atoms with van der Waals surface area (Å²) in [6.45, 7) is 0.595. The number of imidazole rings is 1. The third kappa shape index (κ3) is 3.45. The van der Waals surface area contributed by atoms with E-state index in [1.807, 2.05) is 0 Å². The van der Waals surface area contributed by atoms with E-state index in [-0.39, 0.29) is 5.91 Å². The summed E-state index contributed by atoms with van der Waals surface area (Å²) in [5, 5.41) is 2.78. The van der Waals surface area contributed by atoms with Crippen LogP contribution in [-0.2, 0) is 6.42 Å². The summed E-state index contributed by atoms with van der Waals surface area (Å²) in [6.07, 6.45) is 5.15. The molecule has 2 N–H and O–H groups in total. The van der Waals surface area contributed by atoms with Gasteiger partial charge in [-0.2, -0.15) is 0 Å². The average molecular weight is 298 g/mol. The summed E-state index contributed by atoms with van der Waals surface area (Å²) < 4.78 is 5.69. The van der Waals surface area contributed by atoms with Crippen LogP contribution < -0.4 is 5.32 Å². The van der Waals surface area contributed by atoms with E-state index in [9.17, 15) is 4.79 Å². The Balaban J connectivity index is 1.70. The highest BCUT2D eigenvalue weighted by Gasteiger charge is 2.09. The van der Waals surface area contributed by atoms with Gasteiger partial charge in [-0.05, 0) is 34.5 Å². The second-order valence-corrected chi connectivity index (χ2v) is 4.28. The van der Waals surface area contributed by atoms with Crippen LogP contribution in [0, 0.1) is 0 Å². The number of nitrogens with zero attached hydrogens (tertiary/aromatic N) is 1. The average Bonchev–Trinajstić information content (AvgIpc) is 2.95. The van der Waals surface area contributed by atoms with Crippen LogP contribution in [0.15, 0.2) is 33.6 Å². The lowest BCUT2D eigenvalue weighted by atomic mass is 10.3. The zero-order valence-electron chi connectivity index (χ0n) is 9.07. The van der Waals surface area contributed by atoms with Gasteiger partial charge in [0.1, 0.15) is 5.82 Å². The Morgan fingerprint density at radius 3 is 3.06 bits per heavy atom. The molecule has 0 spiro atoms. The van der Waals surface area contributed by atoms with Crippen LogP contribution in [0.3, 0.4) is 0 Å². The van der Waals surface area contributed by atoms with Crippen LogP contribution in [0.1, 0.15) is 22.8 Å². The maximum atomic E-state index is 11.6. The SMILES string of the molecule is O=C(NCCCc1ncc[nH]1)c1ccc(Br)o1. The molecule has 2 aromatic rings. The van der Waals surface area contributed by atoms with Gasteiger partial charge in [-0.3, -0.25) is 4.79 Å². The fourth-order valence-corrected chi connectivity index (χ4v) is 1.72. The van der Waals surface area contributed by atoms with E-state index in [1.165, 1.54) is 0 Å². The van der Waals surface area contributed by atoms with Gasteiger partial charge < -0.3 is 14.7 Å². The van der Waals surface area contributed by atoms with E-state index in [0.717, 1.165) is 18.7 Å². The van der Waals surface area contributed by atoms with Crippen LogP contribution >= 0.6 is 15.9 Å². The number of nitrogens with one attached hydrogen (secondary N) is 2. The van der Waals surface area contributed by atoms with Gasteiger partial charge in [0, 0.05) is 25.4 Å². The first-order chi connectivity index (χ1) is 8.25. The molecule has 2 rings (SSSR count). The molecule has 0 aromatic carbocycles. The van der Waals surface area contributed by atoms with Crippen molar-refractivity contribution in [3.63, 3.8) is 0 Å². The molecule has 17 heavy (non-hydrogen) atoms. The Hall–Kier alpha value is -1.56. The highest BCUT2D eigenvalue weighted by molar-refractivity contribution is 9.10. The van der Waals surface area contributed by atoms with Crippen LogP contribution in [-0.4, -0.2) is 22.4 Å². The van der Waals surface area contributed by atoms with E-state index >= 15 is 0 Å². The first-order valence-electron chi connectivity index (χ1n) is 5.27. The summed E-state index contributed by atoms with van der Waals surface area (Å²) in [7, 11) is 0. The molecule has 0 saturated heterocycles. The highest BCUT2D eigenvalue weighted by atomic mass is 79.9. The Labute approximate surface area is 107 Å². The Morgan fingerprint density at radius 2 is 2.41 bits per heavy atom. The van der Waals surface area contributed by atoms with Gasteiger partial charge in [0.05, 0.1) is 0 Å². The number of rotatable bonds is 5. The first-order valence-corrected chi connectivity index (χ1v) is 6.07. The smallest absolute Gasteiger partial charge is 0.287 e. The Bertz CT molecular complexity index is 479. The molecule has 1 amide bonds. The number of aromatic amines is 1. The van der Waals surface area contributed by atoms with Gasteiger partial charge in [-0.15, -0.1) is 0 Å². The minimum Gasteiger partial charge on any atom is -0.444 e. The largest absolute Gasteiger partial charge is 0.444 e. The zero-order chi connectivity index (χ0) is 12.1. The topological polar surface area (TPSA) is 70.9 Å². The van der Waals surface area contributed by atoms with Crippen molar-refractivity contribution in [1.29, 1.82) is 0 Å². The number of aryl methyl sites for hydroxylation is 1. The third-order valence-electron chi connectivity index (χ3n) is 2.23. The van der Waals surface area contributed by atoms with Crippen LogP contribution in [0.25, 0.3) is 0 Å². The fourth-order valence-electron chi connectivity index (χ4n) is 1.42. The van der Waals surface area contributed by atoms with Crippen molar-refractivity contribution < 1.29 is 9.21 Å². The van der Waals surface area contributed by atoms with Gasteiger partial charge >= 0.3 is 0 Å². The number of aromatic nitrogens is 2. The normalized spacial score (nSPS) is 10.4. The lowest BCUT2D eigenvalue weighted by molar-refractivity contribution is 0.0924. The quantitative estimate of drug-likeness (QED) is 0.831. The number of carbonyl (C=O) groups is 1. The maximum absolute atomic E-state index is 11.6. The van der Waals surface area contributed by atoms with Crippen molar-refractivity contribution in [3.8, 4) is 0 Å². The van der Waals surface area contributed by atoms with E-state index in [1.54, 1.807) is 24.5 Å². The number of carbonyl (C=O) groups excluding carboxylic acids is 1. The predicted molar refractivity (Wildman–Crippen MR) is 65.6 cm³/mol. The van der Waals surface area contributed by atoms with Crippen molar-refractivity contribution >= 4 is 21.8 Å². The van der Waals surface area contributed by atoms with Crippen molar-refractivity contribution in [2.75, 3.05) is 6.54 Å². The van der Waals surface area contributed by atoms with Gasteiger partial charge in [-0.1, -0.05) is 0 Å². The second-order valence-electron chi connectivity index (χ2n) is 3.50. The lowest BCUT2D eigenvalue weighted by Gasteiger charge is -2.01. The molecule has 90 valence electrons. The molecule has 0 bridgehead atoms. The van der Waals surface area contributed by atoms with Crippen LogP contribution in [0.2, 0.25) is 0 Å². The maximum Gasteiger partial charge on any atom is 0.287 e. The molecule has 6 heteroatoms. The molecular weight excluding hydrogens is 286 g/mol. The number of halogens is 1. The van der Waals surface area contributed by atoms with Crippen molar-refractivity contribution in [2.24, 2.45) is 0 Å². The van der Waals surface area contributed by atoms with E-state index in [4.69, 9.17) is 4.42 Å². The summed E-state index contributed by atoms with van der Waals surface area (Å²) in [5.41, 5.74) is 0. The number of amides is 1. The van der Waals surface area contributed by atoms with Gasteiger partial charge in [0.25, 0.3) is 5.91 Å². The van der Waals surface area contributed by atoms with Crippen LogP contribution in [0.5, 0.6) is 0 Å². The summed E-state index contributed by atoms with van der Waals surface area (Å²) >= 11 is 3.15. The van der Waals surface area contributed by atoms with Gasteiger partial charge in [-0.25, -0.2) is 4.98 Å². The molecule has 5 nitrogen and oxygen atoms in total. The molecule has 0 aliphatic heterocycles. The van der Waals surface area contributed by atoms with Crippen molar-refractivity contribution in [3.05, 3.63) is 40.8 Å². The van der Waals surface area contributed by atoms with Crippen LogP contribution in [0.4, 0.5) is 0 Å². The minimum absolute atomic E-state index is 0.199. The standard InChI is InChI=1S/C11H12BrN3O2/c12-9-4-3-8(17-9)11(16)15-5-1-2-10-13-6-7-14-10/h3-4,6-7H,1-2,5H2,(H,13,14)(H,15,16). The van der Waals surface area contributed by atoms with E-state index < -0.39 is 0 Å². The molecule has 2 aromatic heterocycles. The monoisotopic (exact) mass is 297 g/mol. The molecule has 2 heterocycles. The van der Waals surface area contributed by atoms with E-state index in [2.05, 4.69) is 31.2 Å². The van der Waals surface area contributed by atoms with Crippen molar-refractivity contribution in [1.82, 2.24) is 15.3 Å². The molecule has 0 radical (unpaired) electrons. The number of hydrogen-bond donors (Lipinski definition) is 2. The molecular formula is C11H12BrN3O2. The number of hydrogen-bond acceptors (Lipinski definition) is 3. The fraction of sp³-hybridized carbons (Fsp3) is 0.273. The second kappa shape index (κ2) is 5.67.